The molecule has 0 saturated carbocycles. The van der Waals surface area contributed by atoms with Gasteiger partial charge < -0.3 is 10.1 Å². The summed E-state index contributed by atoms with van der Waals surface area (Å²) in [5, 5.41) is 2.75. The number of carbonyl (C=O) groups excluding carboxylic acids is 1. The Morgan fingerprint density at radius 3 is 2.84 bits per heavy atom. The zero-order chi connectivity index (χ0) is 14.3. The molecule has 0 fully saturated rings. The minimum Gasteiger partial charge on any atom is -0.444 e. The molecular formula is C13H23IN3O2+. The summed E-state index contributed by atoms with van der Waals surface area (Å²) in [5.74, 6) is 0. The van der Waals surface area contributed by atoms with Gasteiger partial charge in [-0.05, 0) is 27.2 Å². The highest BCUT2D eigenvalue weighted by atomic mass is 127. The summed E-state index contributed by atoms with van der Waals surface area (Å²) in [6.07, 6.45) is 6.94. The van der Waals surface area contributed by atoms with Crippen molar-refractivity contribution in [2.75, 3.05) is 11.0 Å². The smallest absolute Gasteiger partial charge is 0.407 e. The number of imidazole rings is 1. The molecule has 0 aromatic carbocycles. The maximum Gasteiger partial charge on any atom is 0.407 e. The van der Waals surface area contributed by atoms with Gasteiger partial charge in [0.1, 0.15) is 24.5 Å². The standard InChI is InChI=1S/C13H22IN3O2/c1-13(2,3)19-12(18)15-6-8-17-10-9-16(11-17)7-4-5-14/h9-11H,4-8H2,1-3H3/p+1. The topological polar surface area (TPSA) is 47.1 Å². The lowest BCUT2D eigenvalue weighted by molar-refractivity contribution is -0.696. The van der Waals surface area contributed by atoms with Crippen molar-refractivity contribution in [3.8, 4) is 0 Å². The second kappa shape index (κ2) is 7.72. The zero-order valence-corrected chi connectivity index (χ0v) is 14.0. The van der Waals surface area contributed by atoms with Crippen LogP contribution in [-0.4, -0.2) is 27.2 Å². The van der Waals surface area contributed by atoms with E-state index in [4.69, 9.17) is 4.74 Å². The number of nitrogens with zero attached hydrogens (tertiary/aromatic N) is 2. The van der Waals surface area contributed by atoms with E-state index < -0.39 is 5.60 Å². The van der Waals surface area contributed by atoms with E-state index in [9.17, 15) is 4.79 Å². The van der Waals surface area contributed by atoms with Gasteiger partial charge in [-0.2, -0.15) is 0 Å². The summed E-state index contributed by atoms with van der Waals surface area (Å²) in [6.45, 7) is 7.92. The van der Waals surface area contributed by atoms with Crippen molar-refractivity contribution in [3.05, 3.63) is 18.7 Å². The Bertz CT molecular complexity index is 399. The molecule has 1 rings (SSSR count). The molecule has 5 nitrogen and oxygen atoms in total. The zero-order valence-electron chi connectivity index (χ0n) is 11.9. The maximum absolute atomic E-state index is 11.4. The number of ether oxygens (including phenoxy) is 1. The summed E-state index contributed by atoms with van der Waals surface area (Å²) in [6, 6.07) is 0. The molecule has 1 aromatic heterocycles. The Kier molecular flexibility index (Phi) is 6.60. The first kappa shape index (κ1) is 16.3. The molecule has 0 atom stereocenters. The van der Waals surface area contributed by atoms with Crippen LogP contribution < -0.4 is 9.88 Å². The molecular weight excluding hydrogens is 357 g/mol. The van der Waals surface area contributed by atoms with Crippen LogP contribution in [0.1, 0.15) is 27.2 Å². The van der Waals surface area contributed by atoms with Gasteiger partial charge in [0.05, 0.1) is 13.1 Å². The van der Waals surface area contributed by atoms with Crippen molar-refractivity contribution >= 4 is 28.7 Å². The average Bonchev–Trinajstić information content (AvgIpc) is 2.72. The molecule has 0 spiro atoms. The van der Waals surface area contributed by atoms with Gasteiger partial charge in [0, 0.05) is 4.43 Å². The van der Waals surface area contributed by atoms with Gasteiger partial charge in [-0.3, -0.25) is 0 Å². The minimum absolute atomic E-state index is 0.363. The van der Waals surface area contributed by atoms with Crippen LogP contribution in [0.15, 0.2) is 18.7 Å². The summed E-state index contributed by atoms with van der Waals surface area (Å²) in [4.78, 5) is 11.4. The fraction of sp³-hybridized carbons (Fsp3) is 0.692. The van der Waals surface area contributed by atoms with Gasteiger partial charge in [0.15, 0.2) is 0 Å². The van der Waals surface area contributed by atoms with Crippen LogP contribution in [0.5, 0.6) is 0 Å². The molecule has 0 aliphatic carbocycles. The molecule has 0 unspecified atom stereocenters. The number of nitrogens with one attached hydrogen (secondary N) is 1. The molecule has 6 heteroatoms. The second-order valence-corrected chi connectivity index (χ2v) is 6.44. The third kappa shape index (κ3) is 7.39. The molecule has 1 aromatic rings. The molecule has 1 amide bonds. The van der Waals surface area contributed by atoms with Gasteiger partial charge in [-0.15, -0.1) is 0 Å². The van der Waals surface area contributed by atoms with Gasteiger partial charge >= 0.3 is 6.09 Å². The third-order valence-electron chi connectivity index (χ3n) is 2.33. The monoisotopic (exact) mass is 380 g/mol. The lowest BCUT2D eigenvalue weighted by atomic mass is 10.2. The van der Waals surface area contributed by atoms with Crippen LogP contribution in [0.2, 0.25) is 0 Å². The Labute approximate surface area is 128 Å². The minimum atomic E-state index is -0.444. The Hall–Kier alpha value is -0.790. The van der Waals surface area contributed by atoms with E-state index in [-0.39, 0.29) is 6.09 Å². The van der Waals surface area contributed by atoms with Crippen LogP contribution in [0.4, 0.5) is 4.79 Å². The van der Waals surface area contributed by atoms with E-state index in [2.05, 4.69) is 49.6 Å². The lowest BCUT2D eigenvalue weighted by Gasteiger charge is -2.19. The number of carbonyl (C=O) groups is 1. The van der Waals surface area contributed by atoms with Crippen molar-refractivity contribution in [2.45, 2.75) is 45.9 Å². The largest absolute Gasteiger partial charge is 0.444 e. The molecule has 108 valence electrons. The predicted octanol–water partition coefficient (Wildman–Crippen LogP) is 2.13. The number of alkyl carbamates (subject to hydrolysis) is 1. The third-order valence-corrected chi connectivity index (χ3v) is 3.10. The highest BCUT2D eigenvalue weighted by Gasteiger charge is 2.15. The van der Waals surface area contributed by atoms with Gasteiger partial charge in [-0.25, -0.2) is 13.9 Å². The van der Waals surface area contributed by atoms with Crippen LogP contribution in [0.3, 0.4) is 0 Å². The SMILES string of the molecule is CC(C)(C)OC(=O)NCCn1cc[n+](CCCI)c1. The van der Waals surface area contributed by atoms with Crippen LogP contribution in [0.25, 0.3) is 0 Å². The van der Waals surface area contributed by atoms with E-state index in [0.717, 1.165) is 17.5 Å². The molecule has 0 aliphatic rings. The van der Waals surface area contributed by atoms with E-state index in [1.807, 2.05) is 27.0 Å². The van der Waals surface area contributed by atoms with Crippen molar-refractivity contribution in [1.29, 1.82) is 0 Å². The summed E-state index contributed by atoms with van der Waals surface area (Å²) in [7, 11) is 0. The number of amides is 1. The predicted molar refractivity (Wildman–Crippen MR) is 82.4 cm³/mol. The van der Waals surface area contributed by atoms with Crippen molar-refractivity contribution in [3.63, 3.8) is 0 Å². The highest BCUT2D eigenvalue weighted by molar-refractivity contribution is 14.1. The summed E-state index contributed by atoms with van der Waals surface area (Å²) < 4.78 is 10.6. The first-order valence-electron chi connectivity index (χ1n) is 6.48. The number of hydrogen-bond donors (Lipinski definition) is 1. The van der Waals surface area contributed by atoms with Gasteiger partial charge in [0.2, 0.25) is 6.33 Å². The quantitative estimate of drug-likeness (QED) is 0.467. The fourth-order valence-electron chi connectivity index (χ4n) is 1.55. The molecule has 1 heterocycles. The van der Waals surface area contributed by atoms with Gasteiger partial charge in [-0.1, -0.05) is 22.6 Å². The number of alkyl halides is 1. The molecule has 0 saturated heterocycles. The molecule has 1 N–H and O–H groups in total. The van der Waals surface area contributed by atoms with Crippen LogP contribution >= 0.6 is 22.6 Å². The van der Waals surface area contributed by atoms with Crippen molar-refractivity contribution in [1.82, 2.24) is 9.88 Å². The van der Waals surface area contributed by atoms with E-state index in [1.54, 1.807) is 0 Å². The van der Waals surface area contributed by atoms with Crippen LogP contribution in [0, 0.1) is 0 Å². The van der Waals surface area contributed by atoms with E-state index >= 15 is 0 Å². The van der Waals surface area contributed by atoms with Crippen molar-refractivity contribution < 1.29 is 14.1 Å². The van der Waals surface area contributed by atoms with Crippen molar-refractivity contribution in [2.24, 2.45) is 0 Å². The first-order chi connectivity index (χ1) is 8.90. The molecule has 19 heavy (non-hydrogen) atoms. The molecule has 0 bridgehead atoms. The summed E-state index contributed by atoms with van der Waals surface area (Å²) >= 11 is 2.38. The number of rotatable bonds is 6. The molecule has 0 radical (unpaired) electrons. The van der Waals surface area contributed by atoms with Crippen LogP contribution in [-0.2, 0) is 17.8 Å². The summed E-state index contributed by atoms with van der Waals surface area (Å²) in [5.41, 5.74) is -0.444. The highest BCUT2D eigenvalue weighted by Crippen LogP contribution is 2.06. The fourth-order valence-corrected chi connectivity index (χ4v) is 1.89. The Morgan fingerprint density at radius 2 is 2.21 bits per heavy atom. The maximum atomic E-state index is 11.4. The Balaban J connectivity index is 2.25. The lowest BCUT2D eigenvalue weighted by Crippen LogP contribution is -2.34. The average molecular weight is 380 g/mol. The number of hydrogen-bond acceptors (Lipinski definition) is 2. The first-order valence-corrected chi connectivity index (χ1v) is 8.01. The van der Waals surface area contributed by atoms with E-state index in [1.165, 1.54) is 6.42 Å². The number of halogens is 1. The molecule has 0 aliphatic heterocycles. The van der Waals surface area contributed by atoms with E-state index in [0.29, 0.717) is 6.54 Å². The second-order valence-electron chi connectivity index (χ2n) is 5.36. The normalized spacial score (nSPS) is 11.4. The van der Waals surface area contributed by atoms with Gasteiger partial charge in [0.25, 0.3) is 0 Å². The number of aromatic nitrogens is 2. The number of aryl methyl sites for hydroxylation is 1. The Morgan fingerprint density at radius 1 is 1.47 bits per heavy atom.